The van der Waals surface area contributed by atoms with Crippen molar-refractivity contribution in [3.8, 4) is 0 Å². The topological polar surface area (TPSA) is 77.6 Å². The van der Waals surface area contributed by atoms with Crippen LogP contribution in [0.1, 0.15) is 18.5 Å². The zero-order valence-corrected chi connectivity index (χ0v) is 11.3. The molecule has 1 aliphatic heterocycles. The van der Waals surface area contributed by atoms with E-state index < -0.39 is 0 Å². The third-order valence-corrected chi connectivity index (χ3v) is 3.66. The third-order valence-electron chi connectivity index (χ3n) is 3.66. The number of carbonyl (C=O) groups excluding carboxylic acids is 1. The zero-order valence-electron chi connectivity index (χ0n) is 11.3. The Balaban J connectivity index is 1.41. The Bertz CT molecular complexity index is 561. The Kier molecular flexibility index (Phi) is 3.76. The Morgan fingerprint density at radius 2 is 2.40 bits per heavy atom. The lowest BCUT2D eigenvalue weighted by Crippen LogP contribution is -2.36. The fourth-order valence-corrected chi connectivity index (χ4v) is 2.54. The molecule has 0 bridgehead atoms. The standard InChI is InChI=1S/C13H18N6O/c20-13(14-4-1-7-18-9-6-15-17-18)11-3-8-19-12(10-11)2-5-16-19/h2,5-6,9,11H,1,3-4,7-8,10H2,(H,14,20). The van der Waals surface area contributed by atoms with Crippen LogP contribution in [-0.2, 0) is 24.3 Å². The van der Waals surface area contributed by atoms with Gasteiger partial charge in [-0.25, -0.2) is 0 Å². The molecule has 0 fully saturated rings. The predicted molar refractivity (Wildman–Crippen MR) is 71.7 cm³/mol. The van der Waals surface area contributed by atoms with Gasteiger partial charge >= 0.3 is 0 Å². The van der Waals surface area contributed by atoms with Crippen LogP contribution < -0.4 is 5.32 Å². The van der Waals surface area contributed by atoms with Crippen molar-refractivity contribution in [2.45, 2.75) is 32.4 Å². The SMILES string of the molecule is O=C(NCCCn1ccnn1)C1CCn2nccc2C1. The molecule has 0 radical (unpaired) electrons. The highest BCUT2D eigenvalue weighted by Crippen LogP contribution is 2.19. The minimum Gasteiger partial charge on any atom is -0.356 e. The first kappa shape index (κ1) is 12.8. The van der Waals surface area contributed by atoms with Gasteiger partial charge in [0.2, 0.25) is 5.91 Å². The largest absolute Gasteiger partial charge is 0.356 e. The highest BCUT2D eigenvalue weighted by molar-refractivity contribution is 5.78. The van der Waals surface area contributed by atoms with Gasteiger partial charge < -0.3 is 5.32 Å². The Labute approximate surface area is 117 Å². The Morgan fingerprint density at radius 3 is 3.25 bits per heavy atom. The van der Waals surface area contributed by atoms with Crippen molar-refractivity contribution in [3.63, 3.8) is 0 Å². The van der Waals surface area contributed by atoms with E-state index in [1.165, 1.54) is 0 Å². The van der Waals surface area contributed by atoms with Crippen LogP contribution in [-0.4, -0.2) is 37.2 Å². The number of hydrogen-bond donors (Lipinski definition) is 1. The van der Waals surface area contributed by atoms with Crippen LogP contribution in [0.2, 0.25) is 0 Å². The van der Waals surface area contributed by atoms with Crippen LogP contribution in [0.3, 0.4) is 0 Å². The van der Waals surface area contributed by atoms with E-state index in [4.69, 9.17) is 0 Å². The molecule has 0 spiro atoms. The van der Waals surface area contributed by atoms with E-state index in [1.54, 1.807) is 17.1 Å². The molecule has 1 aliphatic rings. The number of hydrogen-bond acceptors (Lipinski definition) is 4. The summed E-state index contributed by atoms with van der Waals surface area (Å²) >= 11 is 0. The molecule has 2 aromatic heterocycles. The first-order chi connectivity index (χ1) is 9.83. The van der Waals surface area contributed by atoms with Crippen molar-refractivity contribution in [2.24, 2.45) is 5.92 Å². The molecule has 2 aromatic rings. The molecular formula is C13H18N6O. The molecule has 7 heteroatoms. The number of carbonyl (C=O) groups is 1. The number of rotatable bonds is 5. The highest BCUT2D eigenvalue weighted by Gasteiger charge is 2.24. The fraction of sp³-hybridized carbons (Fsp3) is 0.538. The molecule has 3 rings (SSSR count). The molecule has 106 valence electrons. The van der Waals surface area contributed by atoms with E-state index in [2.05, 4.69) is 20.7 Å². The number of fused-ring (bicyclic) bond motifs is 1. The molecule has 0 aromatic carbocycles. The van der Waals surface area contributed by atoms with Crippen LogP contribution in [0.4, 0.5) is 0 Å². The number of aryl methyl sites for hydroxylation is 2. The van der Waals surface area contributed by atoms with Crippen molar-refractivity contribution < 1.29 is 4.79 Å². The van der Waals surface area contributed by atoms with Crippen LogP contribution >= 0.6 is 0 Å². The average Bonchev–Trinajstić information content (AvgIpc) is 3.13. The minimum atomic E-state index is 0.0746. The summed E-state index contributed by atoms with van der Waals surface area (Å²) in [5.41, 5.74) is 1.15. The van der Waals surface area contributed by atoms with Gasteiger partial charge in [0.25, 0.3) is 0 Å². The third kappa shape index (κ3) is 2.87. The van der Waals surface area contributed by atoms with E-state index >= 15 is 0 Å². The molecule has 0 aliphatic carbocycles. The molecule has 1 amide bonds. The molecule has 0 saturated carbocycles. The minimum absolute atomic E-state index is 0.0746. The molecule has 20 heavy (non-hydrogen) atoms. The number of nitrogens with one attached hydrogen (secondary N) is 1. The highest BCUT2D eigenvalue weighted by atomic mass is 16.1. The van der Waals surface area contributed by atoms with Crippen LogP contribution in [0.5, 0.6) is 0 Å². The van der Waals surface area contributed by atoms with E-state index in [0.717, 1.165) is 38.0 Å². The molecular weight excluding hydrogens is 256 g/mol. The molecule has 1 unspecified atom stereocenters. The van der Waals surface area contributed by atoms with Gasteiger partial charge in [-0.1, -0.05) is 5.21 Å². The lowest BCUT2D eigenvalue weighted by molar-refractivity contribution is -0.125. The van der Waals surface area contributed by atoms with Gasteiger partial charge in [-0.3, -0.25) is 14.2 Å². The first-order valence-corrected chi connectivity index (χ1v) is 6.95. The summed E-state index contributed by atoms with van der Waals surface area (Å²) < 4.78 is 3.75. The van der Waals surface area contributed by atoms with E-state index in [1.807, 2.05) is 16.9 Å². The summed E-state index contributed by atoms with van der Waals surface area (Å²) in [5, 5.41) is 14.9. The normalized spacial score (nSPS) is 17.7. The number of aromatic nitrogens is 5. The maximum atomic E-state index is 12.1. The second-order valence-corrected chi connectivity index (χ2v) is 5.05. The van der Waals surface area contributed by atoms with Crippen molar-refractivity contribution in [1.29, 1.82) is 0 Å². The van der Waals surface area contributed by atoms with Crippen molar-refractivity contribution in [3.05, 3.63) is 30.4 Å². The van der Waals surface area contributed by atoms with Gasteiger partial charge in [0.15, 0.2) is 0 Å². The lowest BCUT2D eigenvalue weighted by atomic mass is 9.95. The Morgan fingerprint density at radius 1 is 1.45 bits per heavy atom. The van der Waals surface area contributed by atoms with Gasteiger partial charge in [0.05, 0.1) is 6.20 Å². The molecule has 3 heterocycles. The predicted octanol–water partition coefficient (Wildman–Crippen LogP) is 0.243. The number of amides is 1. The summed E-state index contributed by atoms with van der Waals surface area (Å²) in [5.74, 6) is 0.224. The van der Waals surface area contributed by atoms with Gasteiger partial charge in [-0.05, 0) is 18.9 Å². The van der Waals surface area contributed by atoms with Crippen LogP contribution in [0.25, 0.3) is 0 Å². The number of nitrogens with zero attached hydrogens (tertiary/aromatic N) is 5. The second-order valence-electron chi connectivity index (χ2n) is 5.05. The molecule has 1 N–H and O–H groups in total. The lowest BCUT2D eigenvalue weighted by Gasteiger charge is -2.22. The molecule has 7 nitrogen and oxygen atoms in total. The van der Waals surface area contributed by atoms with Crippen molar-refractivity contribution >= 4 is 5.91 Å². The van der Waals surface area contributed by atoms with Crippen molar-refractivity contribution in [2.75, 3.05) is 6.54 Å². The van der Waals surface area contributed by atoms with Crippen LogP contribution in [0, 0.1) is 5.92 Å². The molecule has 1 atom stereocenters. The van der Waals surface area contributed by atoms with Crippen molar-refractivity contribution in [1.82, 2.24) is 30.1 Å². The summed E-state index contributed by atoms with van der Waals surface area (Å²) in [7, 11) is 0. The van der Waals surface area contributed by atoms with Gasteiger partial charge in [0, 0.05) is 50.1 Å². The summed E-state index contributed by atoms with van der Waals surface area (Å²) in [4.78, 5) is 12.1. The van der Waals surface area contributed by atoms with Gasteiger partial charge in [0.1, 0.15) is 0 Å². The summed E-state index contributed by atoms with van der Waals surface area (Å²) in [6, 6.07) is 1.99. The van der Waals surface area contributed by atoms with E-state index in [0.29, 0.717) is 6.54 Å². The first-order valence-electron chi connectivity index (χ1n) is 6.95. The second kappa shape index (κ2) is 5.85. The summed E-state index contributed by atoms with van der Waals surface area (Å²) in [6.45, 7) is 2.28. The Hall–Kier alpha value is -2.18. The molecule has 0 saturated heterocycles. The monoisotopic (exact) mass is 274 g/mol. The fourth-order valence-electron chi connectivity index (χ4n) is 2.54. The van der Waals surface area contributed by atoms with E-state index in [-0.39, 0.29) is 11.8 Å². The van der Waals surface area contributed by atoms with Gasteiger partial charge in [-0.2, -0.15) is 5.10 Å². The smallest absolute Gasteiger partial charge is 0.223 e. The zero-order chi connectivity index (χ0) is 13.8. The maximum absolute atomic E-state index is 12.1. The van der Waals surface area contributed by atoms with E-state index in [9.17, 15) is 4.79 Å². The summed E-state index contributed by atoms with van der Waals surface area (Å²) in [6.07, 6.45) is 7.79. The van der Waals surface area contributed by atoms with Crippen LogP contribution in [0.15, 0.2) is 24.7 Å². The van der Waals surface area contributed by atoms with Gasteiger partial charge in [-0.15, -0.1) is 5.10 Å². The average molecular weight is 274 g/mol. The maximum Gasteiger partial charge on any atom is 0.223 e. The quantitative estimate of drug-likeness (QED) is 0.792.